The second-order valence-electron chi connectivity index (χ2n) is 3.11. The molecule has 0 N–H and O–H groups in total. The second-order valence-corrected chi connectivity index (χ2v) is 5.29. The Balaban J connectivity index is 2.95. The largest absolute Gasteiger partial charge is 0.224 e. The average molecular weight is 210 g/mol. The molecule has 76 valence electrons. The number of aryl methyl sites for hydroxylation is 1. The molecule has 0 aliphatic rings. The molecule has 14 heavy (non-hydrogen) atoms. The Morgan fingerprint density at radius 2 is 1.93 bits per heavy atom. The van der Waals surface area contributed by atoms with Crippen LogP contribution < -0.4 is 0 Å². The van der Waals surface area contributed by atoms with E-state index in [2.05, 4.69) is 0 Å². The Kier molecular flexibility index (Phi) is 3.47. The maximum Gasteiger partial charge on any atom is 0.171 e. The van der Waals surface area contributed by atoms with E-state index in [1.807, 2.05) is 31.2 Å². The van der Waals surface area contributed by atoms with Crippen LogP contribution in [0.1, 0.15) is 18.1 Å². The van der Waals surface area contributed by atoms with Crippen LogP contribution in [-0.2, 0) is 9.84 Å². The summed E-state index contributed by atoms with van der Waals surface area (Å²) in [5.41, 5.74) is 2.03. The number of hydrogen-bond acceptors (Lipinski definition) is 2. The van der Waals surface area contributed by atoms with Crippen LogP contribution in [-0.4, -0.2) is 14.2 Å². The minimum Gasteiger partial charge on any atom is -0.224 e. The number of sulfone groups is 1. The fourth-order valence-electron chi connectivity index (χ4n) is 1.05. The molecule has 0 spiro atoms. The lowest BCUT2D eigenvalue weighted by Crippen LogP contribution is -1.96. The minimum absolute atomic E-state index is 0.148. The first-order valence-electron chi connectivity index (χ1n) is 4.51. The maximum atomic E-state index is 11.2. The van der Waals surface area contributed by atoms with Crippen molar-refractivity contribution in [2.45, 2.75) is 13.8 Å². The van der Waals surface area contributed by atoms with Crippen molar-refractivity contribution in [3.63, 3.8) is 0 Å². The van der Waals surface area contributed by atoms with Crippen molar-refractivity contribution in [3.05, 3.63) is 40.8 Å². The molecule has 0 unspecified atom stereocenters. The van der Waals surface area contributed by atoms with E-state index in [1.165, 1.54) is 5.41 Å². The Morgan fingerprint density at radius 1 is 1.29 bits per heavy atom. The van der Waals surface area contributed by atoms with Gasteiger partial charge >= 0.3 is 0 Å². The number of rotatable bonds is 3. The topological polar surface area (TPSA) is 34.1 Å². The third kappa shape index (κ3) is 3.00. The highest BCUT2D eigenvalue weighted by Crippen LogP contribution is 2.09. The molecule has 0 aliphatic heterocycles. The van der Waals surface area contributed by atoms with Crippen LogP contribution >= 0.6 is 0 Å². The van der Waals surface area contributed by atoms with E-state index in [1.54, 1.807) is 13.0 Å². The van der Waals surface area contributed by atoms with E-state index in [0.717, 1.165) is 11.1 Å². The lowest BCUT2D eigenvalue weighted by Gasteiger charge is -1.98. The summed E-state index contributed by atoms with van der Waals surface area (Å²) in [6.07, 6.45) is 1.65. The predicted molar refractivity (Wildman–Crippen MR) is 59.7 cm³/mol. The quantitative estimate of drug-likeness (QED) is 0.767. The fourth-order valence-corrected chi connectivity index (χ4v) is 1.59. The molecule has 0 heterocycles. The molecule has 0 radical (unpaired) electrons. The molecule has 1 aromatic carbocycles. The lowest BCUT2D eigenvalue weighted by molar-refractivity contribution is 0.606. The van der Waals surface area contributed by atoms with Crippen molar-refractivity contribution in [1.82, 2.24) is 0 Å². The zero-order valence-electron chi connectivity index (χ0n) is 8.40. The molecule has 0 aliphatic carbocycles. The molecule has 0 fully saturated rings. The first-order valence-corrected chi connectivity index (χ1v) is 6.23. The van der Waals surface area contributed by atoms with Crippen molar-refractivity contribution in [1.29, 1.82) is 0 Å². The highest BCUT2D eigenvalue weighted by Gasteiger charge is 2.00. The molecule has 0 saturated carbocycles. The molecule has 0 aromatic heterocycles. The van der Waals surface area contributed by atoms with E-state index in [-0.39, 0.29) is 5.75 Å². The van der Waals surface area contributed by atoms with Crippen LogP contribution in [0.5, 0.6) is 0 Å². The molecular formula is C11H14O2S. The summed E-state index contributed by atoms with van der Waals surface area (Å²) in [5.74, 6) is 0.148. The Labute approximate surface area is 85.2 Å². The van der Waals surface area contributed by atoms with Crippen LogP contribution in [0.15, 0.2) is 29.7 Å². The van der Waals surface area contributed by atoms with Crippen LogP contribution in [0.3, 0.4) is 0 Å². The maximum absolute atomic E-state index is 11.2. The van der Waals surface area contributed by atoms with Gasteiger partial charge in [0.15, 0.2) is 9.84 Å². The minimum atomic E-state index is -3.02. The highest BCUT2D eigenvalue weighted by atomic mass is 32.2. The first-order chi connectivity index (χ1) is 6.55. The van der Waals surface area contributed by atoms with Gasteiger partial charge in [-0.3, -0.25) is 0 Å². The van der Waals surface area contributed by atoms with Gasteiger partial charge in [0.1, 0.15) is 0 Å². The zero-order chi connectivity index (χ0) is 10.6. The second kappa shape index (κ2) is 4.42. The van der Waals surface area contributed by atoms with Gasteiger partial charge in [0, 0.05) is 5.41 Å². The van der Waals surface area contributed by atoms with Crippen molar-refractivity contribution >= 4 is 15.9 Å². The molecular weight excluding hydrogens is 196 g/mol. The third-order valence-electron chi connectivity index (χ3n) is 2.05. The van der Waals surface area contributed by atoms with Crippen molar-refractivity contribution in [3.8, 4) is 0 Å². The molecule has 1 rings (SSSR count). The van der Waals surface area contributed by atoms with Gasteiger partial charge in [-0.2, -0.15) is 0 Å². The van der Waals surface area contributed by atoms with Crippen LogP contribution in [0.25, 0.3) is 6.08 Å². The lowest BCUT2D eigenvalue weighted by atomic mass is 10.1. The third-order valence-corrected chi connectivity index (χ3v) is 3.40. The summed E-state index contributed by atoms with van der Waals surface area (Å²) in [6.45, 7) is 3.59. The summed E-state index contributed by atoms with van der Waals surface area (Å²) in [4.78, 5) is 0. The first kappa shape index (κ1) is 11.0. The Hall–Kier alpha value is -1.09. The van der Waals surface area contributed by atoms with E-state index in [0.29, 0.717) is 0 Å². The fraction of sp³-hybridized carbons (Fsp3) is 0.273. The summed E-state index contributed by atoms with van der Waals surface area (Å²) in [6, 6.07) is 7.68. The Bertz CT molecular complexity index is 430. The van der Waals surface area contributed by atoms with Gasteiger partial charge in [-0.15, -0.1) is 0 Å². The van der Waals surface area contributed by atoms with Gasteiger partial charge in [-0.1, -0.05) is 31.2 Å². The normalized spacial score (nSPS) is 12.1. The van der Waals surface area contributed by atoms with Gasteiger partial charge in [0.25, 0.3) is 0 Å². The van der Waals surface area contributed by atoms with Crippen molar-refractivity contribution in [2.24, 2.45) is 0 Å². The summed E-state index contributed by atoms with van der Waals surface area (Å²) in [5, 5.41) is 1.27. The summed E-state index contributed by atoms with van der Waals surface area (Å²) < 4.78 is 22.4. The summed E-state index contributed by atoms with van der Waals surface area (Å²) >= 11 is 0. The molecule has 0 atom stereocenters. The van der Waals surface area contributed by atoms with E-state index in [4.69, 9.17) is 0 Å². The van der Waals surface area contributed by atoms with Gasteiger partial charge in [0.2, 0.25) is 0 Å². The van der Waals surface area contributed by atoms with Crippen LogP contribution in [0, 0.1) is 6.92 Å². The average Bonchev–Trinajstić information content (AvgIpc) is 2.17. The Morgan fingerprint density at radius 3 is 2.50 bits per heavy atom. The number of hydrogen-bond donors (Lipinski definition) is 0. The van der Waals surface area contributed by atoms with Crippen molar-refractivity contribution < 1.29 is 8.42 Å². The zero-order valence-corrected chi connectivity index (χ0v) is 9.21. The van der Waals surface area contributed by atoms with E-state index >= 15 is 0 Å². The van der Waals surface area contributed by atoms with Gasteiger partial charge in [-0.05, 0) is 24.1 Å². The van der Waals surface area contributed by atoms with Crippen LogP contribution in [0.4, 0.5) is 0 Å². The molecule has 1 aromatic rings. The standard InChI is InChI=1S/C11H14O2S/c1-3-14(12,13)9-8-11-7-5-4-6-10(11)2/h4-9H,3H2,1-2H3. The van der Waals surface area contributed by atoms with Gasteiger partial charge in [0.05, 0.1) is 5.75 Å². The molecule has 0 amide bonds. The monoisotopic (exact) mass is 210 g/mol. The van der Waals surface area contributed by atoms with Crippen LogP contribution in [0.2, 0.25) is 0 Å². The molecule has 2 nitrogen and oxygen atoms in total. The molecule has 3 heteroatoms. The highest BCUT2D eigenvalue weighted by molar-refractivity contribution is 7.94. The van der Waals surface area contributed by atoms with E-state index in [9.17, 15) is 8.42 Å². The van der Waals surface area contributed by atoms with E-state index < -0.39 is 9.84 Å². The molecule has 0 bridgehead atoms. The summed E-state index contributed by atoms with van der Waals surface area (Å²) in [7, 11) is -3.02. The predicted octanol–water partition coefficient (Wildman–Crippen LogP) is 2.40. The SMILES string of the molecule is CCS(=O)(=O)C=Cc1ccccc1C. The smallest absolute Gasteiger partial charge is 0.171 e. The van der Waals surface area contributed by atoms with Crippen molar-refractivity contribution in [2.75, 3.05) is 5.75 Å². The molecule has 0 saturated heterocycles. The van der Waals surface area contributed by atoms with Gasteiger partial charge in [-0.25, -0.2) is 8.42 Å². The van der Waals surface area contributed by atoms with Gasteiger partial charge < -0.3 is 0 Å². The number of benzene rings is 1.